The molecule has 3 saturated heterocycles. The van der Waals surface area contributed by atoms with Crippen LogP contribution in [0.1, 0.15) is 204 Å². The van der Waals surface area contributed by atoms with Gasteiger partial charge in [0.05, 0.1) is 76.3 Å². The Morgan fingerprint density at radius 1 is 0.667 bits per heavy atom. The molecule has 15 nitrogen and oxygen atoms in total. The molecule has 18 heteroatoms. The van der Waals surface area contributed by atoms with Gasteiger partial charge in [0.25, 0.3) is 8.32 Å². The Morgan fingerprint density at radius 2 is 1.28 bits per heavy atom. The molecule has 0 unspecified atom stereocenters. The maximum absolute atomic E-state index is 14.4. The van der Waals surface area contributed by atoms with Crippen LogP contribution in [0.2, 0.25) is 41.3 Å². The molecule has 0 radical (unpaired) electrons. The molecule has 0 bridgehead atoms. The Labute approximate surface area is 636 Å². The topological polar surface area (TPSA) is 154 Å². The van der Waals surface area contributed by atoms with Crippen molar-refractivity contribution in [2.24, 2.45) is 5.41 Å². The number of ether oxygens (including phenoxy) is 10. The van der Waals surface area contributed by atoms with Gasteiger partial charge in [-0.1, -0.05) is 236 Å². The number of carbonyl (C=O) groups is 2. The summed E-state index contributed by atoms with van der Waals surface area (Å²) in [5.41, 5.74) is 2.64. The lowest BCUT2D eigenvalue weighted by molar-refractivity contribution is -0.346. The molecule has 0 amide bonds. The Morgan fingerprint density at radius 3 is 1.87 bits per heavy atom. The van der Waals surface area contributed by atoms with Gasteiger partial charge in [-0.15, -0.1) is 0 Å². The van der Waals surface area contributed by atoms with Crippen LogP contribution in [0.3, 0.4) is 0 Å². The number of esters is 2. The van der Waals surface area contributed by atoms with E-state index < -0.39 is 78.6 Å². The Hall–Kier alpha value is -4.91. The lowest BCUT2D eigenvalue weighted by atomic mass is 9.73. The Balaban J connectivity index is 1.20. The largest absolute Gasteiger partial charge is 0.497 e. The van der Waals surface area contributed by atoms with Gasteiger partial charge >= 0.3 is 11.9 Å². The van der Waals surface area contributed by atoms with E-state index in [-0.39, 0.29) is 71.9 Å². The highest BCUT2D eigenvalue weighted by atomic mass is 28.4. The maximum Gasteiger partial charge on any atom is 0.330 e. The number of unbranched alkanes of at least 4 members (excludes halogenated alkanes) is 4. The third-order valence-electron chi connectivity index (χ3n) is 22.5. The first-order valence-electron chi connectivity index (χ1n) is 39.1. The van der Waals surface area contributed by atoms with Crippen molar-refractivity contribution in [3.05, 3.63) is 162 Å². The van der Waals surface area contributed by atoms with E-state index in [9.17, 15) is 9.59 Å². The molecule has 4 aromatic carbocycles. The second-order valence-corrected chi connectivity index (χ2v) is 48.1. The first-order chi connectivity index (χ1) is 49.6. The minimum Gasteiger partial charge on any atom is -0.497 e. The summed E-state index contributed by atoms with van der Waals surface area (Å²) in [5.74, 6) is -1.86. The molecule has 3 aliphatic rings. The zero-order valence-electron chi connectivity index (χ0n) is 67.9. The van der Waals surface area contributed by atoms with E-state index in [1.54, 1.807) is 7.11 Å². The third-order valence-corrected chi connectivity index (χ3v) is 36.5. The fourth-order valence-corrected chi connectivity index (χ4v) is 21.9. The van der Waals surface area contributed by atoms with Crippen LogP contribution in [0, 0.1) is 5.41 Å². The van der Waals surface area contributed by atoms with Crippen molar-refractivity contribution in [1.82, 2.24) is 0 Å². The predicted octanol–water partition coefficient (Wildman–Crippen LogP) is 19.2. The fraction of sp³-hybridized carbons (Fsp3) is 0.632. The van der Waals surface area contributed by atoms with Crippen LogP contribution < -0.4 is 15.1 Å². The zero-order chi connectivity index (χ0) is 76.9. The summed E-state index contributed by atoms with van der Waals surface area (Å²) in [7, 11) is -4.55. The number of methoxy groups -OCH3 is 2. The van der Waals surface area contributed by atoms with Crippen LogP contribution >= 0.6 is 0 Å². The minimum absolute atomic E-state index is 0.0110. The molecule has 584 valence electrons. The van der Waals surface area contributed by atoms with Gasteiger partial charge in [0.1, 0.15) is 12.5 Å². The van der Waals surface area contributed by atoms with Gasteiger partial charge in [0.2, 0.25) is 5.79 Å². The van der Waals surface area contributed by atoms with Gasteiger partial charge < -0.3 is 60.6 Å². The normalized spacial score (nSPS) is 23.1. The lowest BCUT2D eigenvalue weighted by Gasteiger charge is -2.54. The maximum atomic E-state index is 14.4. The summed E-state index contributed by atoms with van der Waals surface area (Å²) in [6.07, 6.45) is 11.9. The van der Waals surface area contributed by atoms with Gasteiger partial charge in [-0.25, -0.2) is 4.79 Å². The molecule has 7 rings (SSSR count). The van der Waals surface area contributed by atoms with Gasteiger partial charge in [0, 0.05) is 50.1 Å². The van der Waals surface area contributed by atoms with Gasteiger partial charge in [0.15, 0.2) is 22.7 Å². The molecule has 11 atom stereocenters. The van der Waals surface area contributed by atoms with Crippen LogP contribution in [0.25, 0.3) is 0 Å². The van der Waals surface area contributed by atoms with E-state index in [0.717, 1.165) is 61.0 Å². The summed E-state index contributed by atoms with van der Waals surface area (Å²) in [5, 5.41) is 2.13. The molecule has 3 aliphatic heterocycles. The van der Waals surface area contributed by atoms with Crippen molar-refractivity contribution in [1.29, 1.82) is 0 Å². The lowest BCUT2D eigenvalue weighted by Crippen LogP contribution is -2.66. The first-order valence-corrected chi connectivity index (χ1v) is 46.9. The van der Waals surface area contributed by atoms with Crippen molar-refractivity contribution in [2.45, 2.75) is 315 Å². The van der Waals surface area contributed by atoms with Gasteiger partial charge in [-0.05, 0) is 146 Å². The van der Waals surface area contributed by atoms with E-state index in [1.165, 1.54) is 23.6 Å². The van der Waals surface area contributed by atoms with Gasteiger partial charge in [-0.3, -0.25) is 4.79 Å². The Bertz CT molecular complexity index is 3280. The molecular weight excluding hydrogens is 1370 g/mol. The number of benzene rings is 4. The van der Waals surface area contributed by atoms with E-state index in [2.05, 4.69) is 187 Å². The van der Waals surface area contributed by atoms with Crippen molar-refractivity contribution in [2.75, 3.05) is 34.2 Å². The highest BCUT2D eigenvalue weighted by Crippen LogP contribution is 2.51. The molecule has 3 fully saturated rings. The highest BCUT2D eigenvalue weighted by molar-refractivity contribution is 6.99. The fourth-order valence-electron chi connectivity index (χ4n) is 14.5. The van der Waals surface area contributed by atoms with Crippen LogP contribution in [-0.2, 0) is 78.7 Å². The van der Waals surface area contributed by atoms with Crippen molar-refractivity contribution in [3.8, 4) is 5.75 Å². The average Bonchev–Trinajstić information content (AvgIpc) is 0.743. The van der Waals surface area contributed by atoms with E-state index >= 15 is 0 Å². The Kier molecular flexibility index (Phi) is 33.0. The van der Waals surface area contributed by atoms with E-state index in [0.29, 0.717) is 70.3 Å². The molecule has 0 aliphatic carbocycles. The van der Waals surface area contributed by atoms with Crippen LogP contribution in [-0.4, -0.2) is 138 Å². The van der Waals surface area contributed by atoms with Crippen molar-refractivity contribution in [3.63, 3.8) is 0 Å². The van der Waals surface area contributed by atoms with Crippen molar-refractivity contribution < 1.29 is 70.2 Å². The van der Waals surface area contributed by atoms with Crippen LogP contribution in [0.5, 0.6) is 5.75 Å². The molecule has 0 saturated carbocycles. The molecule has 0 N–H and O–H groups in total. The number of hydrogen-bond acceptors (Lipinski definition) is 15. The van der Waals surface area contributed by atoms with E-state index in [4.69, 9.17) is 60.6 Å². The molecule has 4 aromatic rings. The summed E-state index contributed by atoms with van der Waals surface area (Å²) < 4.78 is 88.9. The van der Waals surface area contributed by atoms with E-state index in [1.807, 2.05) is 70.2 Å². The minimum atomic E-state index is -2.86. The molecule has 0 aromatic heterocycles. The SMILES string of the molecule is C=C1C[C@@H](C[C@H]2C[C@@H](O[Si](C)(C)C(C)(C)C)C[C@@H](C[C@H](CCO[Si](c3ccccc3)(c3ccccc3)C(C)(C)C)OCc3ccc(OC)cc3)O2)O[C@@H](/C=C/C(C)(C)[C@]2(OCC)O[C@H](C[C@@H](O[Si](C)(C)C(C)(C)C)[C@@H](C)OCOCc3ccccc3)C/C(=C\C(=O)OC)[C@@H]2OC(=O)CCCCCCC)C1. The van der Waals surface area contributed by atoms with Crippen LogP contribution in [0.4, 0.5) is 0 Å². The summed E-state index contributed by atoms with van der Waals surface area (Å²) in [4.78, 5) is 28.2. The molecular formula is C87H134O15Si3. The smallest absolute Gasteiger partial charge is 0.330 e. The van der Waals surface area contributed by atoms with Crippen LogP contribution in [0.15, 0.2) is 151 Å². The number of carbonyl (C=O) groups excluding carboxylic acids is 2. The quantitative estimate of drug-likeness (QED) is 0.0104. The van der Waals surface area contributed by atoms with Crippen molar-refractivity contribution >= 4 is 47.3 Å². The summed E-state index contributed by atoms with van der Waals surface area (Å²) >= 11 is 0. The zero-order valence-corrected chi connectivity index (χ0v) is 70.9. The highest BCUT2D eigenvalue weighted by Gasteiger charge is 2.60. The standard InChI is InChI=1S/C87H134O15Si3/c1-22-24-25-26-36-43-80(88)99-82-68(55-81(89)91-17)54-75(60-79(102-104(20,21)84(8,9)10)65(4)94-63-92-61-66-37-30-27-31-38-66)100-87(82,95-23-2)86(14,15)50-48-71-52-64(3)53-72(97-71)57-74-59-76(101-103(18,19)83(5,6)7)58-73(98-74)56-70(93-62-67-44-46-69(90-16)47-45-67)49-51-96-105(85(11,12)13,77-39-32-28-33-40-77)78-41-34-29-35-42-78/h27-35,37-42,44-48,50,55,65,70-76,79,82H,3,22-26,36,43,49,51-54,56-63H2,1-2,4-21H3/b50-48+,68-55+/t65-,70+,71+,72+,73-,74+,75+,76+,79-,82+,87-/m1/s1. The van der Waals surface area contributed by atoms with Gasteiger partial charge in [-0.2, -0.15) is 0 Å². The molecule has 0 spiro atoms. The molecule has 105 heavy (non-hydrogen) atoms. The predicted molar refractivity (Wildman–Crippen MR) is 429 cm³/mol. The monoisotopic (exact) mass is 1500 g/mol. The second kappa shape index (κ2) is 39.6. The first kappa shape index (κ1) is 87.3. The number of hydrogen-bond donors (Lipinski definition) is 0. The second-order valence-electron chi connectivity index (χ2n) is 34.2. The summed E-state index contributed by atoms with van der Waals surface area (Å²) in [6, 6.07) is 39.8. The molecule has 3 heterocycles. The average molecular weight is 1500 g/mol. The summed E-state index contributed by atoms with van der Waals surface area (Å²) in [6.45, 7) is 46.1. The third kappa shape index (κ3) is 24.8. The number of rotatable bonds is 39.